The number of rotatable bonds is 7. The summed E-state index contributed by atoms with van der Waals surface area (Å²) in [6.45, 7) is 3.46. The fourth-order valence-corrected chi connectivity index (χ4v) is 2.67. The van der Waals surface area contributed by atoms with Gasteiger partial charge in [0.2, 0.25) is 0 Å². The molecule has 0 amide bonds. The molecule has 1 aliphatic rings. The Morgan fingerprint density at radius 3 is 2.86 bits per heavy atom. The number of aromatic nitrogens is 5. The normalized spacial score (nSPS) is 14.5. The van der Waals surface area contributed by atoms with Gasteiger partial charge in [-0.2, -0.15) is 0 Å². The van der Waals surface area contributed by atoms with Crippen LogP contribution in [-0.2, 0) is 13.1 Å². The average Bonchev–Trinajstić information content (AvgIpc) is 3.27. The van der Waals surface area contributed by atoms with Gasteiger partial charge in [-0.3, -0.25) is 4.57 Å². The predicted molar refractivity (Wildman–Crippen MR) is 79.2 cm³/mol. The van der Waals surface area contributed by atoms with Crippen molar-refractivity contribution in [2.45, 2.75) is 55.6 Å². The summed E-state index contributed by atoms with van der Waals surface area (Å²) in [5, 5.41) is 11.1. The first-order valence-corrected chi connectivity index (χ1v) is 7.95. The van der Waals surface area contributed by atoms with Gasteiger partial charge in [-0.05, 0) is 31.0 Å². The SMILES string of the molecule is CCCn1c(Sc2ncc(CNC3CC3)cn2)n[nH]c1=O. The quantitative estimate of drug-likeness (QED) is 0.747. The third kappa shape index (κ3) is 3.70. The van der Waals surface area contributed by atoms with Crippen LogP contribution in [0.15, 0.2) is 27.5 Å². The van der Waals surface area contributed by atoms with E-state index in [1.54, 1.807) is 4.57 Å². The molecular formula is C13H18N6OS. The largest absolute Gasteiger partial charge is 0.343 e. The summed E-state index contributed by atoms with van der Waals surface area (Å²) in [6.07, 6.45) is 7.05. The molecule has 8 heteroatoms. The Balaban J connectivity index is 1.65. The molecule has 0 radical (unpaired) electrons. The van der Waals surface area contributed by atoms with Crippen LogP contribution in [0.3, 0.4) is 0 Å². The molecule has 3 rings (SSSR count). The monoisotopic (exact) mass is 306 g/mol. The molecule has 0 spiro atoms. The minimum Gasteiger partial charge on any atom is -0.310 e. The Morgan fingerprint density at radius 2 is 2.19 bits per heavy atom. The fraction of sp³-hybridized carbons (Fsp3) is 0.538. The molecule has 1 fully saturated rings. The lowest BCUT2D eigenvalue weighted by Gasteiger charge is -2.04. The summed E-state index contributed by atoms with van der Waals surface area (Å²) < 4.78 is 1.61. The Bertz CT molecular complexity index is 645. The van der Waals surface area contributed by atoms with Crippen LogP contribution in [0, 0.1) is 0 Å². The molecule has 2 aromatic rings. The Morgan fingerprint density at radius 1 is 1.43 bits per heavy atom. The van der Waals surface area contributed by atoms with Crippen molar-refractivity contribution in [1.29, 1.82) is 0 Å². The molecule has 0 aromatic carbocycles. The van der Waals surface area contributed by atoms with Gasteiger partial charge < -0.3 is 5.32 Å². The van der Waals surface area contributed by atoms with Gasteiger partial charge in [0.25, 0.3) is 0 Å². The van der Waals surface area contributed by atoms with E-state index >= 15 is 0 Å². The first-order valence-electron chi connectivity index (χ1n) is 7.13. The summed E-state index contributed by atoms with van der Waals surface area (Å²) in [4.78, 5) is 20.3. The van der Waals surface area contributed by atoms with Crippen LogP contribution >= 0.6 is 11.8 Å². The second-order valence-electron chi connectivity index (χ2n) is 5.09. The number of hydrogen-bond acceptors (Lipinski definition) is 6. The van der Waals surface area contributed by atoms with Crippen LogP contribution in [0.5, 0.6) is 0 Å². The van der Waals surface area contributed by atoms with E-state index in [2.05, 4.69) is 25.5 Å². The van der Waals surface area contributed by atoms with Gasteiger partial charge in [-0.1, -0.05) is 6.92 Å². The zero-order chi connectivity index (χ0) is 14.7. The highest BCUT2D eigenvalue weighted by molar-refractivity contribution is 7.99. The zero-order valence-corrected chi connectivity index (χ0v) is 12.7. The summed E-state index contributed by atoms with van der Waals surface area (Å²) >= 11 is 1.30. The van der Waals surface area contributed by atoms with Gasteiger partial charge in [0, 0.05) is 37.1 Å². The number of nitrogens with one attached hydrogen (secondary N) is 2. The van der Waals surface area contributed by atoms with Crippen LogP contribution in [0.1, 0.15) is 31.7 Å². The molecule has 1 saturated carbocycles. The lowest BCUT2D eigenvalue weighted by atomic mass is 10.3. The van der Waals surface area contributed by atoms with Gasteiger partial charge in [-0.15, -0.1) is 5.10 Å². The average molecular weight is 306 g/mol. The zero-order valence-electron chi connectivity index (χ0n) is 11.9. The minimum absolute atomic E-state index is 0.190. The van der Waals surface area contributed by atoms with Crippen molar-refractivity contribution < 1.29 is 0 Å². The molecule has 7 nitrogen and oxygen atoms in total. The van der Waals surface area contributed by atoms with E-state index in [9.17, 15) is 4.79 Å². The van der Waals surface area contributed by atoms with Crippen molar-refractivity contribution in [3.05, 3.63) is 28.4 Å². The maximum Gasteiger partial charge on any atom is 0.343 e. The molecule has 21 heavy (non-hydrogen) atoms. The molecule has 0 atom stereocenters. The van der Waals surface area contributed by atoms with E-state index in [0.29, 0.717) is 22.9 Å². The highest BCUT2D eigenvalue weighted by Crippen LogP contribution is 2.22. The molecular weight excluding hydrogens is 288 g/mol. The molecule has 1 aliphatic carbocycles. The van der Waals surface area contributed by atoms with Gasteiger partial charge in [0.05, 0.1) is 0 Å². The molecule has 0 saturated heterocycles. The fourth-order valence-electron chi connectivity index (χ4n) is 1.92. The van der Waals surface area contributed by atoms with E-state index < -0.39 is 0 Å². The molecule has 0 aliphatic heterocycles. The second kappa shape index (κ2) is 6.40. The summed E-state index contributed by atoms with van der Waals surface area (Å²) in [6, 6.07) is 0.673. The van der Waals surface area contributed by atoms with E-state index in [1.807, 2.05) is 19.3 Å². The summed E-state index contributed by atoms with van der Waals surface area (Å²) in [7, 11) is 0. The van der Waals surface area contributed by atoms with Gasteiger partial charge >= 0.3 is 5.69 Å². The first kappa shape index (κ1) is 14.3. The number of aromatic amines is 1. The van der Waals surface area contributed by atoms with E-state index in [-0.39, 0.29) is 5.69 Å². The number of nitrogens with zero attached hydrogens (tertiary/aromatic N) is 4. The third-order valence-electron chi connectivity index (χ3n) is 3.21. The van der Waals surface area contributed by atoms with Gasteiger partial charge in [0.1, 0.15) is 0 Å². The van der Waals surface area contributed by atoms with E-state index in [0.717, 1.165) is 18.5 Å². The van der Waals surface area contributed by atoms with Crippen molar-refractivity contribution in [2.24, 2.45) is 0 Å². The van der Waals surface area contributed by atoms with Crippen LogP contribution < -0.4 is 11.0 Å². The molecule has 2 aromatic heterocycles. The molecule has 2 heterocycles. The Hall–Kier alpha value is -1.67. The lowest BCUT2D eigenvalue weighted by Crippen LogP contribution is -2.17. The molecule has 0 bridgehead atoms. The standard InChI is InChI=1S/C13H18N6OS/c1-2-5-19-12(20)17-18-13(19)21-11-15-7-9(8-16-11)6-14-10-3-4-10/h7-8,10,14H,2-6H2,1H3,(H,17,20). The highest BCUT2D eigenvalue weighted by Gasteiger charge is 2.20. The van der Waals surface area contributed by atoms with Gasteiger partial charge in [-0.25, -0.2) is 19.9 Å². The van der Waals surface area contributed by atoms with Crippen LogP contribution in [0.4, 0.5) is 0 Å². The van der Waals surface area contributed by atoms with Crippen LogP contribution in [0.2, 0.25) is 0 Å². The number of hydrogen-bond donors (Lipinski definition) is 2. The van der Waals surface area contributed by atoms with Crippen molar-refractivity contribution >= 4 is 11.8 Å². The topological polar surface area (TPSA) is 88.5 Å². The number of H-pyrrole nitrogens is 1. The van der Waals surface area contributed by atoms with Crippen molar-refractivity contribution in [1.82, 2.24) is 30.0 Å². The molecule has 112 valence electrons. The first-order chi connectivity index (χ1) is 10.3. The second-order valence-corrected chi connectivity index (χ2v) is 6.03. The maximum atomic E-state index is 11.6. The van der Waals surface area contributed by atoms with Crippen molar-refractivity contribution in [2.75, 3.05) is 0 Å². The molecule has 2 N–H and O–H groups in total. The van der Waals surface area contributed by atoms with Gasteiger partial charge in [0.15, 0.2) is 10.3 Å². The summed E-state index contributed by atoms with van der Waals surface area (Å²) in [5.41, 5.74) is 0.879. The Kier molecular flexibility index (Phi) is 4.35. The van der Waals surface area contributed by atoms with Crippen molar-refractivity contribution in [3.63, 3.8) is 0 Å². The van der Waals surface area contributed by atoms with Crippen LogP contribution in [-0.4, -0.2) is 30.8 Å². The van der Waals surface area contributed by atoms with E-state index in [1.165, 1.54) is 24.6 Å². The Labute approximate surface area is 126 Å². The van der Waals surface area contributed by atoms with E-state index in [4.69, 9.17) is 0 Å². The highest BCUT2D eigenvalue weighted by atomic mass is 32.2. The smallest absolute Gasteiger partial charge is 0.310 e. The lowest BCUT2D eigenvalue weighted by molar-refractivity contribution is 0.603. The van der Waals surface area contributed by atoms with Crippen molar-refractivity contribution in [3.8, 4) is 0 Å². The predicted octanol–water partition coefficient (Wildman–Crippen LogP) is 1.17. The molecule has 0 unspecified atom stereocenters. The maximum absolute atomic E-state index is 11.6. The minimum atomic E-state index is -0.190. The third-order valence-corrected chi connectivity index (χ3v) is 4.09. The van der Waals surface area contributed by atoms with Crippen LogP contribution in [0.25, 0.3) is 0 Å². The summed E-state index contributed by atoms with van der Waals surface area (Å²) in [5.74, 6) is 0.